The number of fused-ring (bicyclic) bond motifs is 1. The lowest BCUT2D eigenvalue weighted by atomic mass is 10.1. The summed E-state index contributed by atoms with van der Waals surface area (Å²) in [7, 11) is 0. The summed E-state index contributed by atoms with van der Waals surface area (Å²) in [5, 5.41) is 17.5. The highest BCUT2D eigenvalue weighted by Crippen LogP contribution is 2.33. The van der Waals surface area contributed by atoms with E-state index < -0.39 is 41.1 Å². The summed E-state index contributed by atoms with van der Waals surface area (Å²) in [6.07, 6.45) is -5.31. The summed E-state index contributed by atoms with van der Waals surface area (Å²) in [4.78, 5) is 25.2. The molecule has 0 amide bonds. The Kier molecular flexibility index (Phi) is 3.58. The molecule has 2 N–H and O–H groups in total. The molecular weight excluding hydrogens is 293 g/mol. The highest BCUT2D eigenvalue weighted by Gasteiger charge is 2.36. The van der Waals surface area contributed by atoms with E-state index in [0.717, 1.165) is 22.8 Å². The summed E-state index contributed by atoms with van der Waals surface area (Å²) in [6.45, 7) is -0.319. The van der Waals surface area contributed by atoms with E-state index in [-0.39, 0.29) is 12.1 Å². The summed E-state index contributed by atoms with van der Waals surface area (Å²) < 4.78 is 39.5. The van der Waals surface area contributed by atoms with Gasteiger partial charge < -0.3 is 10.2 Å². The molecule has 21 heavy (non-hydrogen) atoms. The van der Waals surface area contributed by atoms with Crippen molar-refractivity contribution < 1.29 is 28.2 Å². The van der Waals surface area contributed by atoms with Gasteiger partial charge in [0.25, 0.3) is 0 Å². The van der Waals surface area contributed by atoms with Crippen LogP contribution in [0.3, 0.4) is 0 Å². The van der Waals surface area contributed by atoms with Gasteiger partial charge in [-0.15, -0.1) is 0 Å². The number of nitrogens with zero attached hydrogens (tertiary/aromatic N) is 2. The number of carboxylic acid groups (broad SMARTS) is 1. The minimum atomic E-state index is -4.86. The predicted octanol–water partition coefficient (Wildman–Crippen LogP) is 1.60. The number of aromatic hydroxyl groups is 1. The molecule has 0 radical (unpaired) electrons. The van der Waals surface area contributed by atoms with Gasteiger partial charge in [-0.1, -0.05) is 0 Å². The fourth-order valence-corrected chi connectivity index (χ4v) is 1.91. The highest BCUT2D eigenvalue weighted by molar-refractivity contribution is 5.83. The normalized spacial score (nSPS) is 11.8. The lowest BCUT2D eigenvalue weighted by Gasteiger charge is -2.13. The predicted molar refractivity (Wildman–Crippen MR) is 64.9 cm³/mol. The monoisotopic (exact) mass is 302 g/mol. The zero-order valence-electron chi connectivity index (χ0n) is 10.4. The molecule has 6 nitrogen and oxygen atoms in total. The molecule has 0 aliphatic heterocycles. The maximum atomic E-state index is 12.9. The fourth-order valence-electron chi connectivity index (χ4n) is 1.91. The molecule has 1 aromatic heterocycles. The fraction of sp³-hybridized carbons (Fsp3) is 0.250. The number of hydrogen-bond acceptors (Lipinski definition) is 4. The van der Waals surface area contributed by atoms with E-state index in [1.165, 1.54) is 0 Å². The molecular formula is C12H9F3N2O4. The quantitative estimate of drug-likeness (QED) is 0.898. The first-order chi connectivity index (χ1) is 9.70. The van der Waals surface area contributed by atoms with E-state index >= 15 is 0 Å². The number of aromatic nitrogens is 2. The van der Waals surface area contributed by atoms with Crippen LogP contribution >= 0.6 is 0 Å². The van der Waals surface area contributed by atoms with Crippen molar-refractivity contribution in [2.75, 3.05) is 0 Å². The first-order valence-electron chi connectivity index (χ1n) is 5.72. The Morgan fingerprint density at radius 2 is 2.00 bits per heavy atom. The smallest absolute Gasteiger partial charge is 0.434 e. The maximum absolute atomic E-state index is 12.9. The van der Waals surface area contributed by atoms with E-state index in [1.807, 2.05) is 0 Å². The van der Waals surface area contributed by atoms with Crippen molar-refractivity contribution >= 4 is 16.9 Å². The van der Waals surface area contributed by atoms with E-state index in [4.69, 9.17) is 5.11 Å². The second-order valence-electron chi connectivity index (χ2n) is 4.24. The van der Waals surface area contributed by atoms with Crippen molar-refractivity contribution in [2.45, 2.75) is 19.1 Å². The number of phenolic OH excluding ortho intramolecular Hbond substituents is 1. The highest BCUT2D eigenvalue weighted by atomic mass is 19.4. The molecule has 9 heteroatoms. The number of carbonyl (C=O) groups is 1. The third kappa shape index (κ3) is 2.96. The Labute approximate surface area is 115 Å². The van der Waals surface area contributed by atoms with Crippen LogP contribution in [0.1, 0.15) is 12.1 Å². The Morgan fingerprint density at radius 3 is 2.57 bits per heavy atom. The zero-order valence-corrected chi connectivity index (χ0v) is 10.4. The van der Waals surface area contributed by atoms with Crippen molar-refractivity contribution in [1.82, 2.24) is 9.55 Å². The maximum Gasteiger partial charge on any atom is 0.434 e. The molecule has 0 spiro atoms. The van der Waals surface area contributed by atoms with Crippen molar-refractivity contribution in [3.05, 3.63) is 34.4 Å². The zero-order chi connectivity index (χ0) is 15.8. The van der Waals surface area contributed by atoms with Crippen LogP contribution < -0.4 is 5.69 Å². The molecule has 0 atom stereocenters. The molecule has 0 aliphatic carbocycles. The molecule has 1 heterocycles. The molecule has 1 aromatic carbocycles. The lowest BCUT2D eigenvalue weighted by Crippen LogP contribution is -2.28. The van der Waals surface area contributed by atoms with Gasteiger partial charge in [0, 0.05) is 11.9 Å². The molecule has 2 aromatic rings. The van der Waals surface area contributed by atoms with Gasteiger partial charge in [-0.3, -0.25) is 9.36 Å². The van der Waals surface area contributed by atoms with Gasteiger partial charge in [0.15, 0.2) is 5.69 Å². The van der Waals surface area contributed by atoms with E-state index in [0.29, 0.717) is 0 Å². The summed E-state index contributed by atoms with van der Waals surface area (Å²) in [5.41, 5.74) is -2.74. The van der Waals surface area contributed by atoms with Crippen LogP contribution in [0.15, 0.2) is 23.0 Å². The van der Waals surface area contributed by atoms with Gasteiger partial charge in [-0.05, 0) is 18.2 Å². The van der Waals surface area contributed by atoms with Crippen molar-refractivity contribution in [2.24, 2.45) is 0 Å². The largest absolute Gasteiger partial charge is 0.508 e. The first kappa shape index (κ1) is 14.8. The lowest BCUT2D eigenvalue weighted by molar-refractivity contribution is -0.140. The number of alkyl halides is 3. The summed E-state index contributed by atoms with van der Waals surface area (Å²) in [6, 6.07) is 3.06. The van der Waals surface area contributed by atoms with E-state index in [9.17, 15) is 27.9 Å². The molecule has 2 rings (SSSR count). The van der Waals surface area contributed by atoms with E-state index in [1.54, 1.807) is 0 Å². The average Bonchev–Trinajstić information content (AvgIpc) is 2.35. The van der Waals surface area contributed by atoms with Gasteiger partial charge in [0.2, 0.25) is 0 Å². The second kappa shape index (κ2) is 5.08. The van der Waals surface area contributed by atoms with Gasteiger partial charge in [0.05, 0.1) is 11.9 Å². The number of halogens is 3. The summed E-state index contributed by atoms with van der Waals surface area (Å²) in [5.74, 6) is -1.62. The SMILES string of the molecule is O=C(O)CCn1c(=O)nc(C(F)(F)F)c2cc(O)ccc21. The van der Waals surface area contributed by atoms with Crippen LogP contribution in [0.4, 0.5) is 13.2 Å². The Balaban J connectivity index is 2.75. The van der Waals surface area contributed by atoms with Gasteiger partial charge in [0.1, 0.15) is 5.75 Å². The number of aliphatic carboxylic acids is 1. The third-order valence-electron chi connectivity index (χ3n) is 2.78. The number of carboxylic acids is 1. The Hall–Kier alpha value is -2.58. The van der Waals surface area contributed by atoms with Crippen LogP contribution in [-0.2, 0) is 17.5 Å². The standard InChI is InChI=1S/C12H9F3N2O4/c13-12(14,15)10-7-5-6(18)1-2-8(7)17(11(21)16-10)4-3-9(19)20/h1-2,5,18H,3-4H2,(H,19,20). The second-order valence-corrected chi connectivity index (χ2v) is 4.24. The van der Waals surface area contributed by atoms with Crippen molar-refractivity contribution in [3.63, 3.8) is 0 Å². The first-order valence-corrected chi connectivity index (χ1v) is 5.72. The number of phenols is 1. The average molecular weight is 302 g/mol. The van der Waals surface area contributed by atoms with Crippen molar-refractivity contribution in [3.8, 4) is 5.75 Å². The topological polar surface area (TPSA) is 92.4 Å². The molecule has 0 saturated heterocycles. The van der Waals surface area contributed by atoms with Crippen LogP contribution in [0.2, 0.25) is 0 Å². The number of hydrogen-bond donors (Lipinski definition) is 2. The minimum absolute atomic E-state index is 0.138. The van der Waals surface area contributed by atoms with Crippen LogP contribution in [0, 0.1) is 0 Å². The van der Waals surface area contributed by atoms with Gasteiger partial charge in [-0.25, -0.2) is 4.79 Å². The number of aryl methyl sites for hydroxylation is 1. The van der Waals surface area contributed by atoms with Crippen molar-refractivity contribution in [1.29, 1.82) is 0 Å². The van der Waals surface area contributed by atoms with Crippen LogP contribution in [0.25, 0.3) is 10.9 Å². The molecule has 0 saturated carbocycles. The van der Waals surface area contributed by atoms with Gasteiger partial charge >= 0.3 is 17.8 Å². The molecule has 0 unspecified atom stereocenters. The van der Waals surface area contributed by atoms with Gasteiger partial charge in [-0.2, -0.15) is 18.2 Å². The molecule has 112 valence electrons. The minimum Gasteiger partial charge on any atom is -0.508 e. The Morgan fingerprint density at radius 1 is 1.33 bits per heavy atom. The number of rotatable bonds is 3. The van der Waals surface area contributed by atoms with E-state index in [2.05, 4.69) is 4.98 Å². The Bertz CT molecular complexity index is 767. The number of benzene rings is 1. The molecule has 0 fully saturated rings. The molecule has 0 bridgehead atoms. The third-order valence-corrected chi connectivity index (χ3v) is 2.78. The summed E-state index contributed by atoms with van der Waals surface area (Å²) >= 11 is 0. The van der Waals surface area contributed by atoms with Crippen LogP contribution in [-0.4, -0.2) is 25.7 Å². The molecule has 0 aliphatic rings. The van der Waals surface area contributed by atoms with Crippen LogP contribution in [0.5, 0.6) is 5.75 Å².